The largest absolute Gasteiger partial charge is 0.481 e. The van der Waals surface area contributed by atoms with Gasteiger partial charge in [-0.1, -0.05) is 20.8 Å². The molecule has 4 aliphatic carbocycles. The van der Waals surface area contributed by atoms with Crippen LogP contribution in [0, 0.1) is 46.3 Å². The molecule has 1 N–H and O–H groups in total. The van der Waals surface area contributed by atoms with Gasteiger partial charge in [-0.15, -0.1) is 0 Å². The number of hydrogen-bond acceptors (Lipinski definition) is 4. The van der Waals surface area contributed by atoms with Crippen molar-refractivity contribution in [2.45, 2.75) is 78.6 Å². The maximum absolute atomic E-state index is 13.6. The summed E-state index contributed by atoms with van der Waals surface area (Å²) in [5.41, 5.74) is -0.662. The predicted octanol–water partition coefficient (Wildman–Crippen LogP) is 4.07. The number of hydrogen-bond donors (Lipinski definition) is 1. The lowest BCUT2D eigenvalue weighted by atomic mass is 9.44. The fraction of sp³-hybridized carbons (Fsp3) is 0.833. The summed E-state index contributed by atoms with van der Waals surface area (Å²) in [4.78, 5) is 49.8. The van der Waals surface area contributed by atoms with Crippen LogP contribution in [0.3, 0.4) is 0 Å². The lowest BCUT2D eigenvalue weighted by Gasteiger charge is -2.59. The van der Waals surface area contributed by atoms with E-state index in [1.165, 1.54) is 0 Å². The van der Waals surface area contributed by atoms with Crippen LogP contribution in [0.2, 0.25) is 0 Å². The average Bonchev–Trinajstić information content (AvgIpc) is 3.02. The molecule has 4 aliphatic rings. The first kappa shape index (κ1) is 20.7. The van der Waals surface area contributed by atoms with E-state index in [-0.39, 0.29) is 58.9 Å². The molecule has 0 aliphatic heterocycles. The molecule has 5 nitrogen and oxygen atoms in total. The summed E-state index contributed by atoms with van der Waals surface area (Å²) in [6.45, 7) is 6.36. The Morgan fingerprint density at radius 1 is 1.10 bits per heavy atom. The molecule has 0 unspecified atom stereocenters. The number of aliphatic carboxylic acids is 1. The highest BCUT2D eigenvalue weighted by atomic mass is 16.4. The van der Waals surface area contributed by atoms with Crippen LogP contribution in [-0.4, -0.2) is 28.4 Å². The zero-order valence-corrected chi connectivity index (χ0v) is 17.9. The van der Waals surface area contributed by atoms with E-state index in [4.69, 9.17) is 5.11 Å². The molecule has 4 saturated carbocycles. The van der Waals surface area contributed by atoms with Crippen molar-refractivity contribution < 1.29 is 24.3 Å². The first-order valence-corrected chi connectivity index (χ1v) is 11.4. The molecule has 0 aromatic heterocycles. The van der Waals surface area contributed by atoms with Crippen LogP contribution in [0.25, 0.3) is 0 Å². The van der Waals surface area contributed by atoms with Crippen LogP contribution < -0.4 is 0 Å². The van der Waals surface area contributed by atoms with Crippen molar-refractivity contribution in [2.24, 2.45) is 46.3 Å². The van der Waals surface area contributed by atoms with E-state index in [0.717, 1.165) is 19.3 Å². The SMILES string of the molecule is C[C@H](CCC(=O)O)[C@H]1CC[C@H]2[C@@H]3CC(=O)[C@H]4CC(=O)CC[C@]4(C)[C@H]3CC(=O)[C@]12C. The molecular formula is C24H34O5. The van der Waals surface area contributed by atoms with Gasteiger partial charge < -0.3 is 5.11 Å². The Labute approximate surface area is 173 Å². The van der Waals surface area contributed by atoms with E-state index in [2.05, 4.69) is 20.8 Å². The molecule has 4 fully saturated rings. The molecule has 0 heterocycles. The van der Waals surface area contributed by atoms with E-state index in [1.54, 1.807) is 0 Å². The van der Waals surface area contributed by atoms with Gasteiger partial charge in [0.2, 0.25) is 0 Å². The summed E-state index contributed by atoms with van der Waals surface area (Å²) >= 11 is 0. The number of carbonyl (C=O) groups is 4. The maximum atomic E-state index is 13.6. The predicted molar refractivity (Wildman–Crippen MR) is 107 cm³/mol. The van der Waals surface area contributed by atoms with E-state index in [1.807, 2.05) is 0 Å². The second kappa shape index (κ2) is 7.02. The minimum atomic E-state index is -0.782. The first-order chi connectivity index (χ1) is 13.6. The number of carboxylic acid groups (broad SMARTS) is 1. The molecular weight excluding hydrogens is 368 g/mol. The van der Waals surface area contributed by atoms with Gasteiger partial charge in [0, 0.05) is 43.4 Å². The Morgan fingerprint density at radius 3 is 2.52 bits per heavy atom. The Morgan fingerprint density at radius 2 is 1.83 bits per heavy atom. The second-order valence-corrected chi connectivity index (χ2v) is 10.9. The summed E-state index contributed by atoms with van der Waals surface area (Å²) in [6.07, 6.45) is 5.32. The molecule has 0 spiro atoms. The molecule has 0 aromatic carbocycles. The maximum Gasteiger partial charge on any atom is 0.303 e. The number of carbonyl (C=O) groups excluding carboxylic acids is 3. The Balaban J connectivity index is 1.62. The Hall–Kier alpha value is -1.52. The van der Waals surface area contributed by atoms with Gasteiger partial charge in [0.25, 0.3) is 0 Å². The summed E-state index contributed by atoms with van der Waals surface area (Å²) in [5, 5.41) is 9.07. The lowest BCUT2D eigenvalue weighted by Crippen LogP contribution is -2.59. The first-order valence-electron chi connectivity index (χ1n) is 11.4. The molecule has 4 rings (SSSR count). The van der Waals surface area contributed by atoms with Crippen molar-refractivity contribution in [3.05, 3.63) is 0 Å². The van der Waals surface area contributed by atoms with Crippen molar-refractivity contribution in [1.29, 1.82) is 0 Å². The van der Waals surface area contributed by atoms with Gasteiger partial charge >= 0.3 is 5.97 Å². The van der Waals surface area contributed by atoms with Gasteiger partial charge in [-0.25, -0.2) is 0 Å². The molecule has 0 aromatic rings. The topological polar surface area (TPSA) is 88.5 Å². The summed E-state index contributed by atoms with van der Waals surface area (Å²) in [5.74, 6) is 0.813. The van der Waals surface area contributed by atoms with Crippen molar-refractivity contribution in [3.63, 3.8) is 0 Å². The van der Waals surface area contributed by atoms with Crippen LogP contribution in [0.5, 0.6) is 0 Å². The highest BCUT2D eigenvalue weighted by molar-refractivity contribution is 5.92. The van der Waals surface area contributed by atoms with Crippen molar-refractivity contribution in [2.75, 3.05) is 0 Å². The van der Waals surface area contributed by atoms with E-state index in [0.29, 0.717) is 37.9 Å². The van der Waals surface area contributed by atoms with Gasteiger partial charge in [0.05, 0.1) is 0 Å². The van der Waals surface area contributed by atoms with Gasteiger partial charge in [0.15, 0.2) is 0 Å². The zero-order valence-electron chi connectivity index (χ0n) is 17.9. The fourth-order valence-electron chi connectivity index (χ4n) is 8.04. The van der Waals surface area contributed by atoms with Crippen LogP contribution in [0.4, 0.5) is 0 Å². The summed E-state index contributed by atoms with van der Waals surface area (Å²) in [7, 11) is 0. The molecule has 160 valence electrons. The number of fused-ring (bicyclic) bond motifs is 5. The minimum Gasteiger partial charge on any atom is -0.481 e. The third-order valence-corrected chi connectivity index (χ3v) is 9.71. The van der Waals surface area contributed by atoms with Crippen molar-refractivity contribution in [1.82, 2.24) is 0 Å². The minimum absolute atomic E-state index is 0.144. The van der Waals surface area contributed by atoms with Crippen LogP contribution in [0.15, 0.2) is 0 Å². The number of ketones is 3. The molecule has 29 heavy (non-hydrogen) atoms. The molecule has 8 atom stereocenters. The normalized spacial score (nSPS) is 45.3. The molecule has 0 bridgehead atoms. The van der Waals surface area contributed by atoms with Crippen LogP contribution in [0.1, 0.15) is 78.6 Å². The van der Waals surface area contributed by atoms with Gasteiger partial charge in [0.1, 0.15) is 17.3 Å². The Kier molecular flexibility index (Phi) is 5.02. The van der Waals surface area contributed by atoms with Crippen LogP contribution >= 0.6 is 0 Å². The van der Waals surface area contributed by atoms with Crippen LogP contribution in [-0.2, 0) is 19.2 Å². The number of rotatable bonds is 4. The standard InChI is InChI=1S/C24H34O5/c1-13(4-7-22(28)29)16-5-6-17-15-11-20(26)19-10-14(25)8-9-23(19,2)18(15)12-21(27)24(16,17)3/h13,15-19H,4-12H2,1-3H3,(H,28,29)/t13-,15+,16-,17+,18+,19-,23-,24-/m1/s1. The molecule has 0 radical (unpaired) electrons. The van der Waals surface area contributed by atoms with E-state index < -0.39 is 11.4 Å². The van der Waals surface area contributed by atoms with E-state index >= 15 is 0 Å². The highest BCUT2D eigenvalue weighted by Gasteiger charge is 2.65. The van der Waals surface area contributed by atoms with Gasteiger partial charge in [-0.3, -0.25) is 19.2 Å². The second-order valence-electron chi connectivity index (χ2n) is 10.9. The summed E-state index contributed by atoms with van der Waals surface area (Å²) in [6, 6.07) is 0. The molecule has 0 amide bonds. The van der Waals surface area contributed by atoms with E-state index in [9.17, 15) is 19.2 Å². The van der Waals surface area contributed by atoms with Gasteiger partial charge in [-0.2, -0.15) is 0 Å². The average molecular weight is 403 g/mol. The quantitative estimate of drug-likeness (QED) is 0.766. The zero-order chi connectivity index (χ0) is 21.1. The Bertz CT molecular complexity index is 756. The summed E-state index contributed by atoms with van der Waals surface area (Å²) < 4.78 is 0. The number of carboxylic acids is 1. The third kappa shape index (κ3) is 3.02. The highest BCUT2D eigenvalue weighted by Crippen LogP contribution is 2.66. The lowest BCUT2D eigenvalue weighted by molar-refractivity contribution is -0.167. The molecule has 0 saturated heterocycles. The van der Waals surface area contributed by atoms with Gasteiger partial charge in [-0.05, 0) is 60.7 Å². The monoisotopic (exact) mass is 402 g/mol. The third-order valence-electron chi connectivity index (χ3n) is 9.71. The fourth-order valence-corrected chi connectivity index (χ4v) is 8.04. The molecule has 5 heteroatoms. The van der Waals surface area contributed by atoms with Crippen molar-refractivity contribution >= 4 is 23.3 Å². The van der Waals surface area contributed by atoms with Crippen molar-refractivity contribution in [3.8, 4) is 0 Å². The number of Topliss-reactive ketones (excluding diaryl/α,β-unsaturated/α-hetero) is 3. The smallest absolute Gasteiger partial charge is 0.303 e.